The number of hydrogen-bond donors (Lipinski definition) is 1. The van der Waals surface area contributed by atoms with Crippen molar-refractivity contribution < 1.29 is 14.3 Å². The molecule has 0 bridgehead atoms. The molecule has 2 amide bonds. The van der Waals surface area contributed by atoms with Gasteiger partial charge >= 0.3 is 0 Å². The van der Waals surface area contributed by atoms with Crippen LogP contribution in [0, 0.1) is 5.41 Å². The Balaban J connectivity index is 1.73. The van der Waals surface area contributed by atoms with Gasteiger partial charge in [0.1, 0.15) is 11.2 Å². The molecule has 2 aliphatic heterocycles. The zero-order valence-electron chi connectivity index (χ0n) is 13.6. The van der Waals surface area contributed by atoms with Crippen LogP contribution in [-0.4, -0.2) is 43.5 Å². The Kier molecular flexibility index (Phi) is 4.11. The Bertz CT molecular complexity index is 668. The molecule has 0 radical (unpaired) electrons. The quantitative estimate of drug-likeness (QED) is 0.866. The molecule has 2 aliphatic rings. The van der Waals surface area contributed by atoms with Crippen molar-refractivity contribution in [2.75, 3.05) is 26.7 Å². The summed E-state index contributed by atoms with van der Waals surface area (Å²) in [6, 6.07) is 7.82. The van der Waals surface area contributed by atoms with Crippen molar-refractivity contribution >= 4 is 17.4 Å². The minimum absolute atomic E-state index is 0.0798. The van der Waals surface area contributed by atoms with Gasteiger partial charge in [-0.1, -0.05) is 18.2 Å². The second kappa shape index (κ2) is 6.07. The maximum atomic E-state index is 12.8. The summed E-state index contributed by atoms with van der Waals surface area (Å²) in [5, 5.41) is 2.81. The van der Waals surface area contributed by atoms with Crippen LogP contribution >= 0.6 is 0 Å². The lowest BCUT2D eigenvalue weighted by Gasteiger charge is -2.34. The molecule has 122 valence electrons. The van der Waals surface area contributed by atoms with Crippen molar-refractivity contribution in [2.45, 2.75) is 19.8 Å². The monoisotopic (exact) mass is 314 g/mol. The molecule has 0 aromatic heterocycles. The van der Waals surface area contributed by atoms with Crippen molar-refractivity contribution in [3.05, 3.63) is 35.9 Å². The van der Waals surface area contributed by atoms with E-state index < -0.39 is 5.41 Å². The largest absolute Gasteiger partial charge is 0.497 e. The molecule has 1 aromatic rings. The molecule has 1 atom stereocenters. The molecule has 3 rings (SSSR count). The lowest BCUT2D eigenvalue weighted by molar-refractivity contribution is -0.150. The van der Waals surface area contributed by atoms with E-state index in [1.807, 2.05) is 24.3 Å². The van der Waals surface area contributed by atoms with E-state index in [9.17, 15) is 9.59 Å². The van der Waals surface area contributed by atoms with E-state index in [-0.39, 0.29) is 11.8 Å². The number of methoxy groups -OCH3 is 1. The van der Waals surface area contributed by atoms with E-state index in [2.05, 4.69) is 11.4 Å². The van der Waals surface area contributed by atoms with Crippen LogP contribution in [0.4, 0.5) is 0 Å². The molecule has 5 nitrogen and oxygen atoms in total. The zero-order valence-corrected chi connectivity index (χ0v) is 13.6. The predicted octanol–water partition coefficient (Wildman–Crippen LogP) is 1.84. The number of nitrogens with zero attached hydrogens (tertiary/aromatic N) is 1. The first-order chi connectivity index (χ1) is 11.0. The third-order valence-electron chi connectivity index (χ3n) is 4.76. The van der Waals surface area contributed by atoms with Gasteiger partial charge in [0.05, 0.1) is 7.11 Å². The molecule has 23 heavy (non-hydrogen) atoms. The maximum Gasteiger partial charge on any atom is 0.238 e. The number of hydrogen-bond acceptors (Lipinski definition) is 3. The standard InChI is InChI=1S/C18H22N2O3/c1-18(8-4-9-19-16(18)21)17(22)20-10-7-14(12-20)13-5-3-6-15(11-13)23-2/h3,5-7,11H,4,8-10,12H2,1-2H3,(H,19,21). The van der Waals surface area contributed by atoms with E-state index in [1.165, 1.54) is 0 Å². The van der Waals surface area contributed by atoms with Crippen LogP contribution in [0.25, 0.3) is 5.57 Å². The number of amides is 2. The van der Waals surface area contributed by atoms with Crippen LogP contribution < -0.4 is 10.1 Å². The average Bonchev–Trinajstić information content (AvgIpc) is 3.07. The first-order valence-electron chi connectivity index (χ1n) is 7.96. The molecular weight excluding hydrogens is 292 g/mol. The SMILES string of the molecule is COc1cccc(C2=CCN(C(=O)C3(C)CCCNC3=O)C2)c1. The third-order valence-corrected chi connectivity index (χ3v) is 4.76. The molecule has 0 spiro atoms. The van der Waals surface area contributed by atoms with Crippen LogP contribution in [0.5, 0.6) is 5.75 Å². The summed E-state index contributed by atoms with van der Waals surface area (Å²) < 4.78 is 5.25. The topological polar surface area (TPSA) is 58.6 Å². The number of benzene rings is 1. The number of carbonyl (C=O) groups is 2. The molecule has 0 aliphatic carbocycles. The van der Waals surface area contributed by atoms with Crippen LogP contribution in [0.15, 0.2) is 30.3 Å². The number of nitrogens with one attached hydrogen (secondary N) is 1. The van der Waals surface area contributed by atoms with Gasteiger partial charge in [0.15, 0.2) is 0 Å². The smallest absolute Gasteiger partial charge is 0.238 e. The molecule has 1 N–H and O–H groups in total. The molecule has 5 heteroatoms. The normalized spacial score (nSPS) is 24.2. The van der Waals surface area contributed by atoms with Crippen molar-refractivity contribution in [3.8, 4) is 5.75 Å². The molecule has 1 saturated heterocycles. The van der Waals surface area contributed by atoms with Gasteiger partial charge in [-0.15, -0.1) is 0 Å². The second-order valence-electron chi connectivity index (χ2n) is 6.34. The van der Waals surface area contributed by atoms with Gasteiger partial charge in [-0.05, 0) is 43.0 Å². The summed E-state index contributed by atoms with van der Waals surface area (Å²) in [5.74, 6) is 0.569. The maximum absolute atomic E-state index is 12.8. The van der Waals surface area contributed by atoms with Gasteiger partial charge in [0, 0.05) is 19.6 Å². The van der Waals surface area contributed by atoms with E-state index >= 15 is 0 Å². The highest BCUT2D eigenvalue weighted by Gasteiger charge is 2.45. The summed E-state index contributed by atoms with van der Waals surface area (Å²) in [4.78, 5) is 26.8. The Labute approximate surface area is 136 Å². The van der Waals surface area contributed by atoms with Gasteiger partial charge < -0.3 is 15.0 Å². The van der Waals surface area contributed by atoms with Crippen molar-refractivity contribution in [3.63, 3.8) is 0 Å². The summed E-state index contributed by atoms with van der Waals surface area (Å²) >= 11 is 0. The fourth-order valence-electron chi connectivity index (χ4n) is 3.25. The fraction of sp³-hybridized carbons (Fsp3) is 0.444. The Hall–Kier alpha value is -2.30. The van der Waals surface area contributed by atoms with Crippen LogP contribution in [-0.2, 0) is 9.59 Å². The number of piperidine rings is 1. The Morgan fingerprint density at radius 2 is 2.22 bits per heavy atom. The Morgan fingerprint density at radius 3 is 2.96 bits per heavy atom. The number of ether oxygens (including phenoxy) is 1. The molecule has 0 saturated carbocycles. The first-order valence-corrected chi connectivity index (χ1v) is 7.96. The second-order valence-corrected chi connectivity index (χ2v) is 6.34. The van der Waals surface area contributed by atoms with Crippen molar-refractivity contribution in [1.82, 2.24) is 10.2 Å². The lowest BCUT2D eigenvalue weighted by Crippen LogP contribution is -2.53. The average molecular weight is 314 g/mol. The van der Waals surface area contributed by atoms with Gasteiger partial charge in [-0.25, -0.2) is 0 Å². The predicted molar refractivity (Wildman–Crippen MR) is 87.9 cm³/mol. The lowest BCUT2D eigenvalue weighted by atomic mass is 9.80. The minimum Gasteiger partial charge on any atom is -0.497 e. The fourth-order valence-corrected chi connectivity index (χ4v) is 3.25. The third kappa shape index (κ3) is 2.83. The molecular formula is C18H22N2O3. The summed E-state index contributed by atoms with van der Waals surface area (Å²) in [6.45, 7) is 3.51. The summed E-state index contributed by atoms with van der Waals surface area (Å²) in [6.07, 6.45) is 3.51. The van der Waals surface area contributed by atoms with Gasteiger partial charge in [-0.3, -0.25) is 9.59 Å². The molecule has 1 aromatic carbocycles. The van der Waals surface area contributed by atoms with E-state index in [1.54, 1.807) is 18.9 Å². The summed E-state index contributed by atoms with van der Waals surface area (Å²) in [7, 11) is 1.64. The van der Waals surface area contributed by atoms with Gasteiger partial charge in [0.2, 0.25) is 11.8 Å². The highest BCUT2D eigenvalue weighted by Crippen LogP contribution is 2.32. The number of rotatable bonds is 3. The minimum atomic E-state index is -0.935. The molecule has 2 heterocycles. The highest BCUT2D eigenvalue weighted by atomic mass is 16.5. The van der Waals surface area contributed by atoms with Crippen molar-refractivity contribution in [1.29, 1.82) is 0 Å². The zero-order chi connectivity index (χ0) is 16.4. The van der Waals surface area contributed by atoms with Crippen LogP contribution in [0.3, 0.4) is 0 Å². The van der Waals surface area contributed by atoms with Gasteiger partial charge in [0.25, 0.3) is 0 Å². The number of carbonyl (C=O) groups excluding carboxylic acids is 2. The van der Waals surface area contributed by atoms with E-state index in [0.717, 1.165) is 23.3 Å². The van der Waals surface area contributed by atoms with Crippen molar-refractivity contribution in [2.24, 2.45) is 5.41 Å². The first kappa shape index (κ1) is 15.6. The summed E-state index contributed by atoms with van der Waals surface area (Å²) in [5.41, 5.74) is 1.21. The molecule has 1 unspecified atom stereocenters. The highest BCUT2D eigenvalue weighted by molar-refractivity contribution is 6.05. The van der Waals surface area contributed by atoms with Gasteiger partial charge in [-0.2, -0.15) is 0 Å². The van der Waals surface area contributed by atoms with Crippen LogP contribution in [0.2, 0.25) is 0 Å². The van der Waals surface area contributed by atoms with E-state index in [4.69, 9.17) is 4.74 Å². The van der Waals surface area contributed by atoms with Crippen LogP contribution in [0.1, 0.15) is 25.3 Å². The molecule has 1 fully saturated rings. The van der Waals surface area contributed by atoms with E-state index in [0.29, 0.717) is 26.1 Å². The Morgan fingerprint density at radius 1 is 1.39 bits per heavy atom.